The molecule has 0 aromatic heterocycles. The predicted molar refractivity (Wildman–Crippen MR) is 35.1 cm³/mol. The van der Waals surface area contributed by atoms with Crippen molar-refractivity contribution in [3.8, 4) is 0 Å². The summed E-state index contributed by atoms with van der Waals surface area (Å²) in [7, 11) is 0. The van der Waals surface area contributed by atoms with Crippen LogP contribution in [0.4, 0.5) is 0 Å². The van der Waals surface area contributed by atoms with Gasteiger partial charge in [0.1, 0.15) is 0 Å². The lowest BCUT2D eigenvalue weighted by atomic mass is 10.5. The van der Waals surface area contributed by atoms with E-state index in [2.05, 4.69) is 6.58 Å². The molecule has 4 nitrogen and oxygen atoms in total. The normalized spacial score (nSPS) is 9.20. The molecule has 0 aromatic rings. The Morgan fingerprint density at radius 2 is 2.00 bits per heavy atom. The molecule has 0 fully saturated rings. The Balaban J connectivity index is 3.79. The molecule has 0 saturated carbocycles. The van der Waals surface area contributed by atoms with E-state index in [1.165, 1.54) is 0 Å². The Kier molecular flexibility index (Phi) is 3.63. The van der Waals surface area contributed by atoms with Gasteiger partial charge >= 0.3 is 0 Å². The third-order valence-corrected chi connectivity index (χ3v) is 0.658. The van der Waals surface area contributed by atoms with Gasteiger partial charge in [0.05, 0.1) is 6.26 Å². The molecule has 0 heterocycles. The van der Waals surface area contributed by atoms with Crippen molar-refractivity contribution in [1.82, 2.24) is 5.32 Å². The molecule has 2 N–H and O–H groups in total. The van der Waals surface area contributed by atoms with Crippen LogP contribution in [0.2, 0.25) is 0 Å². The standard InChI is InChI=1S/C6H7NO3/c1-2-5(9)7-6(10)3-4-8/h2-4,8H,1H2,(H,7,9,10). The van der Waals surface area contributed by atoms with Gasteiger partial charge in [0.15, 0.2) is 0 Å². The minimum Gasteiger partial charge on any atom is -0.515 e. The fourth-order valence-electron chi connectivity index (χ4n) is 0.282. The summed E-state index contributed by atoms with van der Waals surface area (Å²) in [5.74, 6) is -1.27. The second kappa shape index (κ2) is 4.31. The molecule has 0 aliphatic heterocycles. The number of imide groups is 1. The topological polar surface area (TPSA) is 66.4 Å². The van der Waals surface area contributed by atoms with Crippen LogP contribution in [0, 0.1) is 0 Å². The van der Waals surface area contributed by atoms with E-state index in [1.54, 1.807) is 0 Å². The number of aliphatic hydroxyl groups is 1. The van der Waals surface area contributed by atoms with E-state index in [-0.39, 0.29) is 0 Å². The summed E-state index contributed by atoms with van der Waals surface area (Å²) in [5.41, 5.74) is 0. The first kappa shape index (κ1) is 8.42. The second-order valence-corrected chi connectivity index (χ2v) is 1.37. The largest absolute Gasteiger partial charge is 0.515 e. The number of hydrogen-bond acceptors (Lipinski definition) is 3. The Bertz CT molecular complexity index is 183. The van der Waals surface area contributed by atoms with Gasteiger partial charge in [0, 0.05) is 6.08 Å². The first-order chi connectivity index (χ1) is 4.70. The molecule has 4 heteroatoms. The fourth-order valence-corrected chi connectivity index (χ4v) is 0.282. The average molecular weight is 141 g/mol. The molecule has 0 unspecified atom stereocenters. The van der Waals surface area contributed by atoms with Gasteiger partial charge in [-0.15, -0.1) is 0 Å². The Labute approximate surface area is 57.9 Å². The monoisotopic (exact) mass is 141 g/mol. The van der Waals surface area contributed by atoms with E-state index >= 15 is 0 Å². The van der Waals surface area contributed by atoms with Crippen LogP contribution in [0.15, 0.2) is 25.0 Å². The fraction of sp³-hybridized carbons (Fsp3) is 0. The number of carbonyl (C=O) groups excluding carboxylic acids is 2. The molecule has 2 amide bonds. The number of carbonyl (C=O) groups is 2. The smallest absolute Gasteiger partial charge is 0.253 e. The minimum atomic E-state index is -0.674. The van der Waals surface area contributed by atoms with Gasteiger partial charge in [-0.05, 0) is 6.08 Å². The first-order valence-electron chi connectivity index (χ1n) is 2.49. The molecule has 0 aromatic carbocycles. The van der Waals surface area contributed by atoms with Gasteiger partial charge in [-0.3, -0.25) is 14.9 Å². The van der Waals surface area contributed by atoms with Crippen LogP contribution in [-0.4, -0.2) is 16.9 Å². The lowest BCUT2D eigenvalue weighted by molar-refractivity contribution is -0.125. The number of amides is 2. The third-order valence-electron chi connectivity index (χ3n) is 0.658. The molecular weight excluding hydrogens is 134 g/mol. The van der Waals surface area contributed by atoms with Gasteiger partial charge in [-0.25, -0.2) is 0 Å². The summed E-state index contributed by atoms with van der Waals surface area (Å²) in [4.78, 5) is 20.7. The molecule has 0 radical (unpaired) electrons. The second-order valence-electron chi connectivity index (χ2n) is 1.37. The Morgan fingerprint density at radius 1 is 1.40 bits per heavy atom. The van der Waals surface area contributed by atoms with E-state index in [4.69, 9.17) is 5.11 Å². The van der Waals surface area contributed by atoms with Crippen LogP contribution >= 0.6 is 0 Å². The quantitative estimate of drug-likeness (QED) is 0.416. The maximum Gasteiger partial charge on any atom is 0.253 e. The molecule has 10 heavy (non-hydrogen) atoms. The lowest BCUT2D eigenvalue weighted by Gasteiger charge is -1.91. The van der Waals surface area contributed by atoms with Crippen LogP contribution in [-0.2, 0) is 9.59 Å². The van der Waals surface area contributed by atoms with Crippen LogP contribution in [0.25, 0.3) is 0 Å². The molecule has 0 rings (SSSR count). The van der Waals surface area contributed by atoms with Crippen molar-refractivity contribution in [2.45, 2.75) is 0 Å². The highest BCUT2D eigenvalue weighted by Crippen LogP contribution is 1.71. The predicted octanol–water partition coefficient (Wildman–Crippen LogP) is -0.113. The van der Waals surface area contributed by atoms with E-state index < -0.39 is 11.8 Å². The molecular formula is C6H7NO3. The molecule has 54 valence electrons. The third kappa shape index (κ3) is 3.43. The van der Waals surface area contributed by atoms with E-state index in [1.807, 2.05) is 5.32 Å². The first-order valence-corrected chi connectivity index (χ1v) is 2.49. The minimum absolute atomic E-state index is 0.547. The average Bonchev–Trinajstić information content (AvgIpc) is 1.88. The van der Waals surface area contributed by atoms with Crippen molar-refractivity contribution in [2.75, 3.05) is 0 Å². The molecule has 0 aliphatic carbocycles. The molecule has 0 bridgehead atoms. The van der Waals surface area contributed by atoms with Crippen LogP contribution in [0.5, 0.6) is 0 Å². The van der Waals surface area contributed by atoms with Crippen molar-refractivity contribution < 1.29 is 14.7 Å². The summed E-state index contributed by atoms with van der Waals surface area (Å²) < 4.78 is 0. The number of aliphatic hydroxyl groups excluding tert-OH is 1. The zero-order valence-corrected chi connectivity index (χ0v) is 5.20. The number of rotatable bonds is 2. The van der Waals surface area contributed by atoms with Crippen molar-refractivity contribution in [3.05, 3.63) is 25.0 Å². The van der Waals surface area contributed by atoms with Crippen molar-refractivity contribution >= 4 is 11.8 Å². The van der Waals surface area contributed by atoms with Gasteiger partial charge in [-0.1, -0.05) is 6.58 Å². The van der Waals surface area contributed by atoms with Crippen LogP contribution in [0.3, 0.4) is 0 Å². The van der Waals surface area contributed by atoms with E-state index in [0.29, 0.717) is 6.26 Å². The summed E-state index contributed by atoms with van der Waals surface area (Å²) in [6, 6.07) is 0. The van der Waals surface area contributed by atoms with Crippen LogP contribution in [0.1, 0.15) is 0 Å². The van der Waals surface area contributed by atoms with Crippen molar-refractivity contribution in [2.24, 2.45) is 0 Å². The van der Waals surface area contributed by atoms with Crippen molar-refractivity contribution in [3.63, 3.8) is 0 Å². The molecule has 0 spiro atoms. The molecule has 0 saturated heterocycles. The molecule has 0 aliphatic rings. The lowest BCUT2D eigenvalue weighted by Crippen LogP contribution is -2.26. The summed E-state index contributed by atoms with van der Waals surface area (Å²) >= 11 is 0. The highest BCUT2D eigenvalue weighted by molar-refractivity contribution is 6.04. The Hall–Kier alpha value is -1.58. The summed E-state index contributed by atoms with van der Waals surface area (Å²) in [6.07, 6.45) is 2.33. The highest BCUT2D eigenvalue weighted by Gasteiger charge is 1.97. The van der Waals surface area contributed by atoms with E-state index in [0.717, 1.165) is 12.2 Å². The Morgan fingerprint density at radius 3 is 2.40 bits per heavy atom. The van der Waals surface area contributed by atoms with Gasteiger partial charge < -0.3 is 5.11 Å². The number of hydrogen-bond donors (Lipinski definition) is 2. The zero-order chi connectivity index (χ0) is 7.98. The highest BCUT2D eigenvalue weighted by atomic mass is 16.2. The summed E-state index contributed by atoms with van der Waals surface area (Å²) in [5, 5.41) is 9.93. The van der Waals surface area contributed by atoms with Crippen molar-refractivity contribution in [1.29, 1.82) is 0 Å². The maximum atomic E-state index is 10.4. The van der Waals surface area contributed by atoms with Crippen LogP contribution < -0.4 is 5.32 Å². The number of nitrogens with one attached hydrogen (secondary N) is 1. The van der Waals surface area contributed by atoms with Gasteiger partial charge in [0.25, 0.3) is 5.91 Å². The maximum absolute atomic E-state index is 10.4. The SMILES string of the molecule is C=CC(=O)NC(=O)C=CO. The summed E-state index contributed by atoms with van der Waals surface area (Å²) in [6.45, 7) is 3.12. The zero-order valence-electron chi connectivity index (χ0n) is 5.20. The van der Waals surface area contributed by atoms with Gasteiger partial charge in [0.2, 0.25) is 5.91 Å². The molecule has 0 atom stereocenters. The van der Waals surface area contributed by atoms with Gasteiger partial charge in [-0.2, -0.15) is 0 Å². The van der Waals surface area contributed by atoms with E-state index in [9.17, 15) is 9.59 Å².